The molecule has 21 heavy (non-hydrogen) atoms. The second-order valence-corrected chi connectivity index (χ2v) is 5.43. The maximum atomic E-state index is 5.78. The maximum absolute atomic E-state index is 5.78. The van der Waals surface area contributed by atoms with Crippen molar-refractivity contribution in [2.24, 2.45) is 0 Å². The van der Waals surface area contributed by atoms with Crippen molar-refractivity contribution < 1.29 is 4.42 Å². The van der Waals surface area contributed by atoms with Crippen LogP contribution in [-0.4, -0.2) is 16.3 Å². The second-order valence-electron chi connectivity index (χ2n) is 5.43. The fourth-order valence-corrected chi connectivity index (χ4v) is 2.59. The Bertz CT molecular complexity index is 694. The molecule has 1 aromatic carbocycles. The van der Waals surface area contributed by atoms with Crippen molar-refractivity contribution in [3.63, 3.8) is 0 Å². The van der Waals surface area contributed by atoms with Gasteiger partial charge in [-0.15, -0.1) is 0 Å². The Kier molecular flexibility index (Phi) is 4.06. The Morgan fingerprint density at radius 2 is 2.05 bits per heavy atom. The molecule has 0 radical (unpaired) electrons. The van der Waals surface area contributed by atoms with Crippen LogP contribution in [0.3, 0.4) is 0 Å². The van der Waals surface area contributed by atoms with E-state index in [1.807, 2.05) is 25.1 Å². The zero-order valence-corrected chi connectivity index (χ0v) is 12.6. The topological polar surface area (TPSA) is 43.0 Å². The molecular formula is C17H21N3O. The van der Waals surface area contributed by atoms with Crippen LogP contribution in [0.25, 0.3) is 11.0 Å². The van der Waals surface area contributed by atoms with E-state index in [1.165, 1.54) is 5.69 Å². The number of fused-ring (bicyclic) bond motifs is 1. The summed E-state index contributed by atoms with van der Waals surface area (Å²) in [6, 6.07) is 12.3. The molecule has 110 valence electrons. The van der Waals surface area contributed by atoms with Crippen LogP contribution in [0.2, 0.25) is 0 Å². The van der Waals surface area contributed by atoms with E-state index >= 15 is 0 Å². The van der Waals surface area contributed by atoms with Crippen molar-refractivity contribution in [3.8, 4) is 0 Å². The molecule has 0 aliphatic heterocycles. The lowest BCUT2D eigenvalue weighted by Gasteiger charge is -2.05. The van der Waals surface area contributed by atoms with Gasteiger partial charge in [0.1, 0.15) is 11.3 Å². The van der Waals surface area contributed by atoms with E-state index in [0.717, 1.165) is 48.5 Å². The summed E-state index contributed by atoms with van der Waals surface area (Å²) in [5.74, 6) is 0.988. The number of aryl methyl sites for hydroxylation is 3. The standard InChI is InChI=1S/C17H21N3O/c1-13-10-14(2)20(19-13)9-5-8-18-12-16-11-15-6-3-4-7-17(15)21-16/h3-4,6-7,10-11,18H,5,8-9,12H2,1-2H3. The second kappa shape index (κ2) is 6.14. The predicted molar refractivity (Wildman–Crippen MR) is 84.2 cm³/mol. The van der Waals surface area contributed by atoms with Crippen LogP contribution in [0.4, 0.5) is 0 Å². The molecule has 0 aliphatic carbocycles. The van der Waals surface area contributed by atoms with Crippen LogP contribution < -0.4 is 5.32 Å². The monoisotopic (exact) mass is 283 g/mol. The van der Waals surface area contributed by atoms with E-state index in [4.69, 9.17) is 4.42 Å². The Morgan fingerprint density at radius 3 is 2.81 bits per heavy atom. The van der Waals surface area contributed by atoms with Gasteiger partial charge in [0.05, 0.1) is 12.2 Å². The molecule has 0 aliphatic rings. The van der Waals surface area contributed by atoms with Gasteiger partial charge < -0.3 is 9.73 Å². The number of benzene rings is 1. The van der Waals surface area contributed by atoms with Gasteiger partial charge in [-0.2, -0.15) is 5.10 Å². The fraction of sp³-hybridized carbons (Fsp3) is 0.353. The molecule has 4 nitrogen and oxygen atoms in total. The molecule has 0 spiro atoms. The minimum atomic E-state index is 0.770. The van der Waals surface area contributed by atoms with Gasteiger partial charge in [-0.25, -0.2) is 0 Å². The lowest BCUT2D eigenvalue weighted by atomic mass is 10.2. The summed E-state index contributed by atoms with van der Waals surface area (Å²) in [6.45, 7) is 6.80. The number of aromatic nitrogens is 2. The third-order valence-corrected chi connectivity index (χ3v) is 3.60. The van der Waals surface area contributed by atoms with Gasteiger partial charge >= 0.3 is 0 Å². The molecule has 2 heterocycles. The number of nitrogens with zero attached hydrogens (tertiary/aromatic N) is 2. The first-order valence-corrected chi connectivity index (χ1v) is 7.41. The molecule has 4 heteroatoms. The number of hydrogen-bond donors (Lipinski definition) is 1. The van der Waals surface area contributed by atoms with Crippen LogP contribution in [0.15, 0.2) is 40.8 Å². The van der Waals surface area contributed by atoms with E-state index in [9.17, 15) is 0 Å². The van der Waals surface area contributed by atoms with Crippen LogP contribution in [0.5, 0.6) is 0 Å². The highest BCUT2D eigenvalue weighted by atomic mass is 16.3. The third-order valence-electron chi connectivity index (χ3n) is 3.60. The van der Waals surface area contributed by atoms with Crippen LogP contribution in [0.1, 0.15) is 23.6 Å². The van der Waals surface area contributed by atoms with Gasteiger partial charge in [-0.1, -0.05) is 18.2 Å². The van der Waals surface area contributed by atoms with Crippen molar-refractivity contribution in [1.82, 2.24) is 15.1 Å². The van der Waals surface area contributed by atoms with E-state index in [-0.39, 0.29) is 0 Å². The summed E-state index contributed by atoms with van der Waals surface area (Å²) in [5.41, 5.74) is 3.27. The van der Waals surface area contributed by atoms with E-state index in [0.29, 0.717) is 0 Å². The van der Waals surface area contributed by atoms with E-state index in [1.54, 1.807) is 0 Å². The summed E-state index contributed by atoms with van der Waals surface area (Å²) in [5, 5.41) is 9.05. The molecule has 0 fully saturated rings. The minimum absolute atomic E-state index is 0.770. The molecule has 0 unspecified atom stereocenters. The van der Waals surface area contributed by atoms with Gasteiger partial charge in [-0.05, 0) is 45.0 Å². The molecule has 1 N–H and O–H groups in total. The predicted octanol–water partition coefficient (Wildman–Crippen LogP) is 3.43. The Labute approximate surface area is 124 Å². The van der Waals surface area contributed by atoms with E-state index < -0.39 is 0 Å². The molecule has 0 amide bonds. The highest BCUT2D eigenvalue weighted by Gasteiger charge is 2.03. The molecule has 0 saturated heterocycles. The van der Waals surface area contributed by atoms with Crippen LogP contribution in [-0.2, 0) is 13.1 Å². The number of hydrogen-bond acceptors (Lipinski definition) is 3. The zero-order valence-electron chi connectivity index (χ0n) is 12.6. The summed E-state index contributed by atoms with van der Waals surface area (Å²) in [7, 11) is 0. The van der Waals surface area contributed by atoms with Crippen LogP contribution in [0, 0.1) is 13.8 Å². The molecule has 0 saturated carbocycles. The van der Waals surface area contributed by atoms with Crippen molar-refractivity contribution in [1.29, 1.82) is 0 Å². The van der Waals surface area contributed by atoms with Crippen molar-refractivity contribution >= 4 is 11.0 Å². The lowest BCUT2D eigenvalue weighted by Crippen LogP contribution is -2.16. The Balaban J connectivity index is 1.45. The lowest BCUT2D eigenvalue weighted by molar-refractivity contribution is 0.489. The average molecular weight is 283 g/mol. The molecule has 3 rings (SSSR count). The first-order chi connectivity index (χ1) is 10.2. The molecule has 0 bridgehead atoms. The smallest absolute Gasteiger partial charge is 0.134 e. The quantitative estimate of drug-likeness (QED) is 0.705. The molecule has 0 atom stereocenters. The van der Waals surface area contributed by atoms with Crippen molar-refractivity contribution in [3.05, 3.63) is 53.5 Å². The molecular weight excluding hydrogens is 262 g/mol. The summed E-state index contributed by atoms with van der Waals surface area (Å²) in [6.07, 6.45) is 1.06. The van der Waals surface area contributed by atoms with Gasteiger partial charge in [0.15, 0.2) is 0 Å². The van der Waals surface area contributed by atoms with Gasteiger partial charge in [-0.3, -0.25) is 4.68 Å². The summed E-state index contributed by atoms with van der Waals surface area (Å²) < 4.78 is 7.84. The van der Waals surface area contributed by atoms with Gasteiger partial charge in [0.25, 0.3) is 0 Å². The largest absolute Gasteiger partial charge is 0.460 e. The zero-order chi connectivity index (χ0) is 14.7. The van der Waals surface area contributed by atoms with Gasteiger partial charge in [0.2, 0.25) is 0 Å². The Morgan fingerprint density at radius 1 is 1.19 bits per heavy atom. The fourth-order valence-electron chi connectivity index (χ4n) is 2.59. The number of nitrogens with one attached hydrogen (secondary N) is 1. The normalized spacial score (nSPS) is 11.3. The Hall–Kier alpha value is -2.07. The third kappa shape index (κ3) is 3.34. The number of furan rings is 1. The highest BCUT2D eigenvalue weighted by Crippen LogP contribution is 2.18. The first-order valence-electron chi connectivity index (χ1n) is 7.41. The SMILES string of the molecule is Cc1cc(C)n(CCCNCc2cc3ccccc3o2)n1. The van der Waals surface area contributed by atoms with E-state index in [2.05, 4.69) is 40.2 Å². The summed E-state index contributed by atoms with van der Waals surface area (Å²) in [4.78, 5) is 0. The summed E-state index contributed by atoms with van der Waals surface area (Å²) >= 11 is 0. The number of rotatable bonds is 6. The van der Waals surface area contributed by atoms with Gasteiger partial charge in [0, 0.05) is 17.6 Å². The van der Waals surface area contributed by atoms with Crippen molar-refractivity contribution in [2.75, 3.05) is 6.54 Å². The average Bonchev–Trinajstić information content (AvgIpc) is 3.01. The van der Waals surface area contributed by atoms with Crippen molar-refractivity contribution in [2.45, 2.75) is 33.4 Å². The van der Waals surface area contributed by atoms with Crippen LogP contribution >= 0.6 is 0 Å². The minimum Gasteiger partial charge on any atom is -0.460 e. The molecule has 3 aromatic rings. The molecule has 2 aromatic heterocycles. The maximum Gasteiger partial charge on any atom is 0.134 e. The first kappa shape index (κ1) is 13.9. The highest BCUT2D eigenvalue weighted by molar-refractivity contribution is 5.77. The number of para-hydroxylation sites is 1.